The quantitative estimate of drug-likeness (QED) is 0.0166. The fourth-order valence-electron chi connectivity index (χ4n) is 22.1. The Hall–Kier alpha value is -11.9. The zero-order chi connectivity index (χ0) is 98.9. The number of allylic oxidation sites excluding steroid dienone is 8. The second-order valence-corrected chi connectivity index (χ2v) is 40.2. The summed E-state index contributed by atoms with van der Waals surface area (Å²) in [4.78, 5) is 68.2. The van der Waals surface area contributed by atoms with E-state index >= 15 is 0 Å². The first-order chi connectivity index (χ1) is 68.2. The molecule has 0 radical (unpaired) electrons. The predicted octanol–water partition coefficient (Wildman–Crippen LogP) is 35.9. The molecule has 4 aliphatic heterocycles. The molecule has 4 N–H and O–H groups in total. The molecule has 16 bridgehead atoms. The average molecular weight is 1870 g/mol. The van der Waals surface area contributed by atoms with Gasteiger partial charge >= 0.3 is 11.9 Å². The standard InChI is InChI=1S/C128H158N8O4/c1-19-27-35-43-67-99-83(9)119-115(120-84(10)100(68-44-36-28-20-2)108(130-120)80-112-104(72-48-40-32-24-6)88(14)124(134-112)117(95-63-55-65-97(77-95)127(137)139-17)123-87(13)103(71-47-39-31-23-5)111(133-123)79-107(99)129-119)93-61-53-59-91(75-93)57-51-52-58-92-60-54-62-94(76-92)116-121-85(11)101(69-45-37-29-21-3)109(131-121)81-113-105(73-49-41-33-25-7)89(15)125(135-113)118(96-64-56-66-98(78-96)128(138)140-18)126-90(16)106(74-50-42-34-26-8)114(136-126)82-110-102(70-46-38-30-22-4)86(12)122(116)132-110/h53-56,59-66,75-82,129,131,134,136H,19-50,67-74H2,1-18H3. The van der Waals surface area contributed by atoms with Crippen LogP contribution < -0.4 is 0 Å². The normalized spacial score (nSPS) is 12.6. The monoisotopic (exact) mass is 1870 g/mol. The molecule has 0 atom stereocenters. The lowest BCUT2D eigenvalue weighted by molar-refractivity contribution is 0.0592. The van der Waals surface area contributed by atoms with Gasteiger partial charge in [-0.25, -0.2) is 29.5 Å². The van der Waals surface area contributed by atoms with Gasteiger partial charge in [-0.15, -0.1) is 0 Å². The topological polar surface area (TPSA) is 167 Å². The summed E-state index contributed by atoms with van der Waals surface area (Å²) in [5.41, 5.74) is 46.8. The molecule has 0 amide bonds. The number of ether oxygens (including phenoxy) is 2. The van der Waals surface area contributed by atoms with Crippen molar-refractivity contribution in [1.29, 1.82) is 0 Å². The Bertz CT molecular complexity index is 6400. The van der Waals surface area contributed by atoms with E-state index in [0.29, 0.717) is 11.1 Å². The number of carbonyl (C=O) groups excluding carboxylic acids is 2. The number of methoxy groups -OCH3 is 2. The Morgan fingerprint density at radius 3 is 0.721 bits per heavy atom. The van der Waals surface area contributed by atoms with E-state index < -0.39 is 0 Å². The maximum Gasteiger partial charge on any atom is 0.337 e. The molecule has 0 aliphatic carbocycles. The van der Waals surface area contributed by atoms with E-state index in [9.17, 15) is 9.59 Å². The molecule has 6 aromatic heterocycles. The molecule has 10 heterocycles. The number of fused-ring (bicyclic) bond motifs is 16. The number of nitrogens with zero attached hydrogens (tertiary/aromatic N) is 4. The summed E-state index contributed by atoms with van der Waals surface area (Å²) in [5, 5.41) is 0. The summed E-state index contributed by atoms with van der Waals surface area (Å²) >= 11 is 0. The van der Waals surface area contributed by atoms with Crippen molar-refractivity contribution in [2.24, 2.45) is 0 Å². The number of H-pyrrole nitrogens is 4. The lowest BCUT2D eigenvalue weighted by atomic mass is 9.93. The van der Waals surface area contributed by atoms with Gasteiger partial charge in [0.25, 0.3) is 0 Å². The minimum atomic E-state index is -0.368. The second kappa shape index (κ2) is 50.5. The van der Waals surface area contributed by atoms with Gasteiger partial charge in [0.05, 0.1) is 93.0 Å². The molecule has 0 saturated heterocycles. The minimum Gasteiger partial charge on any atom is -0.465 e. The Labute approximate surface area is 837 Å². The average Bonchev–Trinajstić information content (AvgIpc) is 1.59. The van der Waals surface area contributed by atoms with E-state index in [1.165, 1.54) is 155 Å². The van der Waals surface area contributed by atoms with Gasteiger partial charge in [0.1, 0.15) is 0 Å². The van der Waals surface area contributed by atoms with Crippen LogP contribution in [0.25, 0.3) is 133 Å². The van der Waals surface area contributed by atoms with Crippen molar-refractivity contribution < 1.29 is 19.1 Å². The van der Waals surface area contributed by atoms with Crippen LogP contribution in [0.15, 0.2) is 121 Å². The Balaban J connectivity index is 0.993. The third kappa shape index (κ3) is 24.0. The smallest absolute Gasteiger partial charge is 0.337 e. The molecule has 14 rings (SSSR count). The molecule has 12 heteroatoms. The van der Waals surface area contributed by atoms with Gasteiger partial charge in [-0.05, 0) is 354 Å². The first kappa shape index (κ1) is 104. The SMILES string of the molecule is CCCCCCC1=C(C)c2nc1cc1[nH]c(c(C)c1CCCCCC)c(-c1cccc(C#CC#Cc3cccc(-c4c5nc(cc6[nH]c(c(C)c6CCCCCC)c(-c6cccc(C(=O)OC)c6)c6nc(cc7[nH]c4c(C)c7CCCCCC)C(CCCCCC)=C6C)C(CCCCCC)=C5C)c3)c1)c1nc(cc3[nH]c(c(C)c3CCCCCC)c2-c2cccc(C(=O)OC)c2)C(CCCCCC)=C1C. The molecule has 0 fully saturated rings. The second-order valence-electron chi connectivity index (χ2n) is 40.2. The number of aromatic amines is 4. The first-order valence-corrected chi connectivity index (χ1v) is 54.3. The van der Waals surface area contributed by atoms with Crippen molar-refractivity contribution >= 4 is 101 Å². The van der Waals surface area contributed by atoms with Gasteiger partial charge < -0.3 is 29.4 Å². The van der Waals surface area contributed by atoms with Crippen LogP contribution in [0.2, 0.25) is 0 Å². The summed E-state index contributed by atoms with van der Waals surface area (Å²) in [6, 6.07) is 43.3. The van der Waals surface area contributed by atoms with E-state index in [4.69, 9.17) is 29.4 Å². The van der Waals surface area contributed by atoms with Crippen molar-refractivity contribution in [3.05, 3.63) is 234 Å². The van der Waals surface area contributed by atoms with Gasteiger partial charge in [0.2, 0.25) is 0 Å². The van der Waals surface area contributed by atoms with E-state index in [1.54, 1.807) is 0 Å². The number of hydrogen-bond acceptors (Lipinski definition) is 8. The number of nitrogens with one attached hydrogen (secondary N) is 4. The van der Waals surface area contributed by atoms with Crippen LogP contribution in [-0.4, -0.2) is 66.0 Å². The lowest BCUT2D eigenvalue weighted by Gasteiger charge is -2.10. The highest BCUT2D eigenvalue weighted by molar-refractivity contribution is 6.07. The summed E-state index contributed by atoms with van der Waals surface area (Å²) in [6.45, 7) is 36.9. The molecular weight excluding hydrogens is 1710 g/mol. The van der Waals surface area contributed by atoms with Crippen LogP contribution in [0.4, 0.5) is 0 Å². The van der Waals surface area contributed by atoms with Crippen LogP contribution in [0.5, 0.6) is 0 Å². The van der Waals surface area contributed by atoms with Gasteiger partial charge in [-0.3, -0.25) is 0 Å². The third-order valence-corrected chi connectivity index (χ3v) is 30.3. The maximum atomic E-state index is 13.6. The number of carbonyl (C=O) groups is 2. The largest absolute Gasteiger partial charge is 0.465 e. The summed E-state index contributed by atoms with van der Waals surface area (Å²) in [5.74, 6) is 13.4. The fraction of sp³-hybridized carbons (Fsp3) is 0.453. The Morgan fingerprint density at radius 2 is 0.493 bits per heavy atom. The molecule has 140 heavy (non-hydrogen) atoms. The molecule has 0 unspecified atom stereocenters. The first-order valence-electron chi connectivity index (χ1n) is 54.3. The third-order valence-electron chi connectivity index (χ3n) is 30.3. The predicted molar refractivity (Wildman–Crippen MR) is 596 cm³/mol. The van der Waals surface area contributed by atoms with E-state index in [1.807, 2.05) is 36.4 Å². The minimum absolute atomic E-state index is 0.368. The zero-order valence-corrected chi connectivity index (χ0v) is 88.3. The van der Waals surface area contributed by atoms with Crippen molar-refractivity contribution in [2.45, 2.75) is 368 Å². The van der Waals surface area contributed by atoms with Crippen molar-refractivity contribution in [1.82, 2.24) is 39.9 Å². The van der Waals surface area contributed by atoms with E-state index in [-0.39, 0.29) is 11.9 Å². The molecule has 4 aromatic carbocycles. The van der Waals surface area contributed by atoms with Crippen LogP contribution in [-0.2, 0) is 35.2 Å². The molecular formula is C128H158N8O4. The molecule has 734 valence electrons. The number of hydrogen-bond donors (Lipinski definition) is 4. The fourth-order valence-corrected chi connectivity index (χ4v) is 22.1. The summed E-state index contributed by atoms with van der Waals surface area (Å²) < 4.78 is 10.9. The van der Waals surface area contributed by atoms with Crippen molar-refractivity contribution in [3.8, 4) is 68.2 Å². The van der Waals surface area contributed by atoms with E-state index in [2.05, 4.69) is 239 Å². The van der Waals surface area contributed by atoms with Crippen LogP contribution in [0.3, 0.4) is 0 Å². The highest BCUT2D eigenvalue weighted by Crippen LogP contribution is 2.50. The van der Waals surface area contributed by atoms with Gasteiger partial charge in [0.15, 0.2) is 0 Å². The maximum absolute atomic E-state index is 13.6. The van der Waals surface area contributed by atoms with Crippen molar-refractivity contribution in [2.75, 3.05) is 14.2 Å². The highest BCUT2D eigenvalue weighted by Gasteiger charge is 2.32. The van der Waals surface area contributed by atoms with Crippen LogP contribution in [0, 0.1) is 51.4 Å². The number of benzene rings is 4. The zero-order valence-electron chi connectivity index (χ0n) is 88.3. The molecule has 0 spiro atoms. The van der Waals surface area contributed by atoms with Gasteiger partial charge in [0, 0.05) is 55.4 Å². The highest BCUT2D eigenvalue weighted by atomic mass is 16.5. The van der Waals surface area contributed by atoms with Crippen molar-refractivity contribution in [3.63, 3.8) is 0 Å². The Morgan fingerprint density at radius 1 is 0.271 bits per heavy atom. The number of aryl methyl sites for hydroxylation is 8. The van der Waals surface area contributed by atoms with Crippen LogP contribution in [0.1, 0.15) is 436 Å². The lowest BCUT2D eigenvalue weighted by Crippen LogP contribution is -2.01. The number of rotatable bonds is 46. The van der Waals surface area contributed by atoms with Gasteiger partial charge in [-0.2, -0.15) is 0 Å². The summed E-state index contributed by atoms with van der Waals surface area (Å²) in [7, 11) is 2.93. The number of aromatic nitrogens is 8. The summed E-state index contributed by atoms with van der Waals surface area (Å²) in [6.07, 6.45) is 43.2. The van der Waals surface area contributed by atoms with Crippen LogP contribution >= 0.6 is 0 Å². The molecule has 12 nitrogen and oxygen atoms in total. The molecule has 0 saturated carbocycles. The number of esters is 2. The molecule has 4 aliphatic rings. The number of unbranched alkanes of at least 4 members (excludes halogenated alkanes) is 24. The van der Waals surface area contributed by atoms with Gasteiger partial charge in [-0.1, -0.05) is 270 Å². The Kier molecular flexibility index (Phi) is 37.5. The molecule has 10 aromatic rings. The van der Waals surface area contributed by atoms with E-state index in [0.717, 1.165) is 351 Å².